The van der Waals surface area contributed by atoms with Gasteiger partial charge in [0.1, 0.15) is 5.69 Å². The number of rotatable bonds is 8. The lowest BCUT2D eigenvalue weighted by Crippen LogP contribution is -2.35. The Bertz CT molecular complexity index is 1290. The highest BCUT2D eigenvalue weighted by Gasteiger charge is 2.30. The molecule has 0 spiro atoms. The number of hydrogen-bond donors (Lipinski definition) is 1. The van der Waals surface area contributed by atoms with Gasteiger partial charge in [0.2, 0.25) is 5.88 Å². The van der Waals surface area contributed by atoms with E-state index in [2.05, 4.69) is 46.3 Å². The third-order valence-corrected chi connectivity index (χ3v) is 7.20. The molecule has 0 unspecified atom stereocenters. The topological polar surface area (TPSA) is 71.1 Å². The number of H-pyrrole nitrogens is 1. The van der Waals surface area contributed by atoms with Gasteiger partial charge in [-0.25, -0.2) is 9.97 Å². The maximum atomic E-state index is 13.7. The van der Waals surface area contributed by atoms with Crippen LogP contribution in [-0.4, -0.2) is 46.0 Å². The number of amides is 1. The van der Waals surface area contributed by atoms with Crippen LogP contribution in [0.4, 0.5) is 0 Å². The van der Waals surface area contributed by atoms with Gasteiger partial charge < -0.3 is 14.6 Å². The second kappa shape index (κ2) is 8.98. The van der Waals surface area contributed by atoms with Gasteiger partial charge in [-0.05, 0) is 62.3 Å². The normalized spacial score (nSPS) is 13.4. The van der Waals surface area contributed by atoms with Crippen LogP contribution in [0.15, 0.2) is 42.7 Å². The molecular formula is C26H28N4O2S. The quantitative estimate of drug-likeness (QED) is 0.382. The number of aryl methyl sites for hydroxylation is 2. The van der Waals surface area contributed by atoms with E-state index in [0.29, 0.717) is 24.0 Å². The lowest BCUT2D eigenvalue weighted by molar-refractivity contribution is 0.0745. The monoisotopic (exact) mass is 460 g/mol. The summed E-state index contributed by atoms with van der Waals surface area (Å²) in [7, 11) is 1.60. The maximum absolute atomic E-state index is 13.7. The van der Waals surface area contributed by atoms with Crippen molar-refractivity contribution in [1.82, 2.24) is 19.9 Å². The van der Waals surface area contributed by atoms with Gasteiger partial charge in [-0.2, -0.15) is 0 Å². The largest absolute Gasteiger partial charge is 0.481 e. The van der Waals surface area contributed by atoms with Gasteiger partial charge in [0.15, 0.2) is 0 Å². The lowest BCUT2D eigenvalue weighted by Gasteiger charge is -2.22. The van der Waals surface area contributed by atoms with Crippen LogP contribution in [0.3, 0.4) is 0 Å². The number of carbonyl (C=O) groups excluding carboxylic acids is 1. The summed E-state index contributed by atoms with van der Waals surface area (Å²) in [5.74, 6) is 1.16. The third kappa shape index (κ3) is 4.64. The first-order valence-corrected chi connectivity index (χ1v) is 12.2. The molecule has 0 bridgehead atoms. The van der Waals surface area contributed by atoms with Crippen LogP contribution < -0.4 is 4.74 Å². The van der Waals surface area contributed by atoms with Gasteiger partial charge in [-0.3, -0.25) is 4.79 Å². The molecule has 4 aromatic rings. The number of methoxy groups -OCH3 is 1. The molecule has 6 nitrogen and oxygen atoms in total. The zero-order chi connectivity index (χ0) is 22.9. The molecule has 0 radical (unpaired) electrons. The number of benzene rings is 1. The van der Waals surface area contributed by atoms with Crippen molar-refractivity contribution in [3.8, 4) is 16.3 Å². The number of nitrogens with one attached hydrogen (secondary N) is 1. The summed E-state index contributed by atoms with van der Waals surface area (Å²) in [6.07, 6.45) is 7.03. The first-order valence-electron chi connectivity index (χ1n) is 11.4. The summed E-state index contributed by atoms with van der Waals surface area (Å²) < 4.78 is 5.18. The van der Waals surface area contributed by atoms with Crippen molar-refractivity contribution in [2.24, 2.45) is 5.92 Å². The molecule has 1 amide bonds. The number of thiazole rings is 1. The summed E-state index contributed by atoms with van der Waals surface area (Å²) in [5, 5.41) is 2.11. The summed E-state index contributed by atoms with van der Waals surface area (Å²) in [6, 6.07) is 10.2. The molecule has 0 aliphatic heterocycles. The maximum Gasteiger partial charge on any atom is 0.274 e. The Morgan fingerprint density at radius 1 is 1.24 bits per heavy atom. The van der Waals surface area contributed by atoms with E-state index in [1.165, 1.54) is 40.7 Å². The predicted molar refractivity (Wildman–Crippen MR) is 132 cm³/mol. The van der Waals surface area contributed by atoms with Gasteiger partial charge in [0.05, 0.1) is 17.0 Å². The first-order chi connectivity index (χ1) is 16.0. The molecule has 5 rings (SSSR count). The smallest absolute Gasteiger partial charge is 0.274 e. The standard InChI is InChI=1S/C26H28N4O2S/c1-16-4-8-21-19(13-27-22(21)12-16)10-11-30(15-18-5-6-18)26(31)24-25(33-17(2)29-24)20-7-9-23(32-3)28-14-20/h4,7-9,12-14,18,27H,5-6,10-11,15H2,1-3H3. The predicted octanol–water partition coefficient (Wildman–Crippen LogP) is 5.41. The minimum atomic E-state index is 0.00718. The van der Waals surface area contributed by atoms with Crippen LogP contribution in [-0.2, 0) is 6.42 Å². The zero-order valence-corrected chi connectivity index (χ0v) is 20.0. The van der Waals surface area contributed by atoms with Crippen molar-refractivity contribution in [3.05, 3.63) is 64.6 Å². The van der Waals surface area contributed by atoms with E-state index in [4.69, 9.17) is 4.74 Å². The lowest BCUT2D eigenvalue weighted by atomic mass is 10.1. The Morgan fingerprint density at radius 2 is 2.09 bits per heavy atom. The van der Waals surface area contributed by atoms with Gasteiger partial charge in [-0.15, -0.1) is 11.3 Å². The van der Waals surface area contributed by atoms with E-state index in [1.54, 1.807) is 13.3 Å². The van der Waals surface area contributed by atoms with E-state index in [9.17, 15) is 4.79 Å². The number of aromatic nitrogens is 3. The second-order valence-electron chi connectivity index (χ2n) is 8.81. The molecule has 3 heterocycles. The molecule has 1 saturated carbocycles. The number of pyridine rings is 1. The minimum Gasteiger partial charge on any atom is -0.481 e. The van der Waals surface area contributed by atoms with Gasteiger partial charge in [0.25, 0.3) is 5.91 Å². The van der Waals surface area contributed by atoms with E-state index < -0.39 is 0 Å². The summed E-state index contributed by atoms with van der Waals surface area (Å²) in [6.45, 7) is 5.51. The number of hydrogen-bond acceptors (Lipinski definition) is 5. The minimum absolute atomic E-state index is 0.00718. The molecule has 1 N–H and O–H groups in total. The molecule has 1 aliphatic rings. The zero-order valence-electron chi connectivity index (χ0n) is 19.2. The molecule has 33 heavy (non-hydrogen) atoms. The van der Waals surface area contributed by atoms with E-state index in [0.717, 1.165) is 33.9 Å². The fraction of sp³-hybridized carbons (Fsp3) is 0.346. The fourth-order valence-corrected chi connectivity index (χ4v) is 5.10. The number of carbonyl (C=O) groups is 1. The molecule has 1 fully saturated rings. The molecule has 1 aliphatic carbocycles. The van der Waals surface area contributed by atoms with Crippen molar-refractivity contribution < 1.29 is 9.53 Å². The third-order valence-electron chi connectivity index (χ3n) is 6.18. The first kappa shape index (κ1) is 21.6. The fourth-order valence-electron chi connectivity index (χ4n) is 4.20. The molecular weight excluding hydrogens is 432 g/mol. The van der Waals surface area contributed by atoms with Crippen LogP contribution in [0.2, 0.25) is 0 Å². The SMILES string of the molecule is COc1ccc(-c2sc(C)nc2C(=O)N(CCc2c[nH]c3cc(C)ccc23)CC2CC2)cn1. The van der Waals surface area contributed by atoms with Gasteiger partial charge in [0, 0.05) is 48.0 Å². The van der Waals surface area contributed by atoms with Crippen molar-refractivity contribution >= 4 is 28.1 Å². The molecule has 3 aromatic heterocycles. The van der Waals surface area contributed by atoms with Crippen molar-refractivity contribution in [2.75, 3.05) is 20.2 Å². The van der Waals surface area contributed by atoms with Crippen molar-refractivity contribution in [2.45, 2.75) is 33.1 Å². The average Bonchev–Trinajstić information content (AvgIpc) is 3.43. The Hall–Kier alpha value is -3.19. The summed E-state index contributed by atoms with van der Waals surface area (Å²) >= 11 is 1.54. The van der Waals surface area contributed by atoms with E-state index in [-0.39, 0.29) is 5.91 Å². The van der Waals surface area contributed by atoms with Crippen LogP contribution >= 0.6 is 11.3 Å². The van der Waals surface area contributed by atoms with Gasteiger partial charge >= 0.3 is 0 Å². The van der Waals surface area contributed by atoms with Crippen molar-refractivity contribution in [3.63, 3.8) is 0 Å². The second-order valence-corrected chi connectivity index (χ2v) is 10.0. The highest BCUT2D eigenvalue weighted by atomic mass is 32.1. The summed E-state index contributed by atoms with van der Waals surface area (Å²) in [4.78, 5) is 28.9. The summed E-state index contributed by atoms with van der Waals surface area (Å²) in [5.41, 5.74) is 5.05. The Balaban J connectivity index is 1.40. The Morgan fingerprint density at radius 3 is 2.82 bits per heavy atom. The number of aromatic amines is 1. The highest BCUT2D eigenvalue weighted by Crippen LogP contribution is 2.34. The molecule has 170 valence electrons. The van der Waals surface area contributed by atoms with E-state index in [1.807, 2.05) is 24.0 Å². The number of nitrogens with zero attached hydrogens (tertiary/aromatic N) is 3. The number of fused-ring (bicyclic) bond motifs is 1. The molecule has 0 atom stereocenters. The number of ether oxygens (including phenoxy) is 1. The molecule has 7 heteroatoms. The van der Waals surface area contributed by atoms with Crippen LogP contribution in [0, 0.1) is 19.8 Å². The van der Waals surface area contributed by atoms with Crippen molar-refractivity contribution in [1.29, 1.82) is 0 Å². The van der Waals surface area contributed by atoms with E-state index >= 15 is 0 Å². The van der Waals surface area contributed by atoms with Crippen LogP contribution in [0.25, 0.3) is 21.3 Å². The van der Waals surface area contributed by atoms with Gasteiger partial charge in [-0.1, -0.05) is 12.1 Å². The molecule has 0 saturated heterocycles. The van der Waals surface area contributed by atoms with Crippen LogP contribution in [0.1, 0.15) is 39.5 Å². The van der Waals surface area contributed by atoms with Crippen LogP contribution in [0.5, 0.6) is 5.88 Å². The Kier molecular flexibility index (Phi) is 5.89. The molecule has 1 aromatic carbocycles. The average molecular weight is 461 g/mol. The highest BCUT2D eigenvalue weighted by molar-refractivity contribution is 7.15. The Labute approximate surface area is 197 Å².